The summed E-state index contributed by atoms with van der Waals surface area (Å²) in [5, 5.41) is 4.06. The first-order valence-electron chi connectivity index (χ1n) is 8.56. The van der Waals surface area contributed by atoms with Gasteiger partial charge in [0.05, 0.1) is 11.0 Å². The van der Waals surface area contributed by atoms with Crippen LogP contribution in [0.4, 0.5) is 0 Å². The van der Waals surface area contributed by atoms with Crippen LogP contribution < -0.4 is 10.3 Å². The van der Waals surface area contributed by atoms with E-state index in [0.29, 0.717) is 22.9 Å². The molecule has 27 heavy (non-hydrogen) atoms. The van der Waals surface area contributed by atoms with Crippen LogP contribution in [0.15, 0.2) is 57.8 Å². The maximum Gasteiger partial charge on any atom is 0.272 e. The Hall–Kier alpha value is -3.48. The Bertz CT molecular complexity index is 1170. The summed E-state index contributed by atoms with van der Waals surface area (Å²) >= 11 is 0. The number of para-hydroxylation sites is 1. The molecule has 1 atom stereocenters. The third-order valence-corrected chi connectivity index (χ3v) is 4.34. The normalized spacial score (nSPS) is 12.3. The van der Waals surface area contributed by atoms with Crippen LogP contribution in [0.5, 0.6) is 5.75 Å². The van der Waals surface area contributed by atoms with Crippen LogP contribution in [0.1, 0.15) is 24.6 Å². The predicted octanol–water partition coefficient (Wildman–Crippen LogP) is 3.43. The first-order chi connectivity index (χ1) is 13.0. The molecule has 0 aliphatic rings. The first kappa shape index (κ1) is 17.0. The highest BCUT2D eigenvalue weighted by Gasteiger charge is 2.17. The van der Waals surface area contributed by atoms with Crippen LogP contribution >= 0.6 is 0 Å². The van der Waals surface area contributed by atoms with Crippen LogP contribution in [-0.2, 0) is 7.05 Å². The van der Waals surface area contributed by atoms with E-state index in [1.807, 2.05) is 55.5 Å². The molecule has 0 saturated carbocycles. The Balaban J connectivity index is 1.65. The molecule has 0 spiro atoms. The first-order valence-corrected chi connectivity index (χ1v) is 8.56. The van der Waals surface area contributed by atoms with Crippen LogP contribution in [-0.4, -0.2) is 19.7 Å². The Morgan fingerprint density at radius 1 is 1.11 bits per heavy atom. The number of ether oxygens (including phenoxy) is 1. The molecule has 0 fully saturated rings. The van der Waals surface area contributed by atoms with Crippen molar-refractivity contribution in [2.75, 3.05) is 0 Å². The largest absolute Gasteiger partial charge is 0.481 e. The van der Waals surface area contributed by atoms with Crippen LogP contribution in [0.25, 0.3) is 22.4 Å². The SMILES string of the molecule is Cc1nc2cc(-c3noc([C@@H](C)Oc4ccccc4)n3)ccc2n(C)c1=O. The van der Waals surface area contributed by atoms with Crippen LogP contribution in [0, 0.1) is 6.92 Å². The summed E-state index contributed by atoms with van der Waals surface area (Å²) in [5.41, 5.74) is 2.55. The summed E-state index contributed by atoms with van der Waals surface area (Å²) in [6.45, 7) is 3.55. The maximum atomic E-state index is 12.0. The molecule has 0 N–H and O–H groups in total. The molecule has 7 heteroatoms. The zero-order chi connectivity index (χ0) is 19.0. The number of fused-ring (bicyclic) bond motifs is 1. The second-order valence-electron chi connectivity index (χ2n) is 6.29. The highest BCUT2D eigenvalue weighted by Crippen LogP contribution is 2.24. The average Bonchev–Trinajstić information content (AvgIpc) is 3.17. The number of aromatic nitrogens is 4. The van der Waals surface area contributed by atoms with Crippen molar-refractivity contribution in [1.29, 1.82) is 0 Å². The second-order valence-corrected chi connectivity index (χ2v) is 6.29. The van der Waals surface area contributed by atoms with E-state index in [1.165, 1.54) is 0 Å². The predicted molar refractivity (Wildman–Crippen MR) is 100 cm³/mol. The summed E-state index contributed by atoms with van der Waals surface area (Å²) in [6, 6.07) is 15.0. The van der Waals surface area contributed by atoms with Gasteiger partial charge in [0.25, 0.3) is 11.4 Å². The molecule has 2 heterocycles. The molecule has 0 aliphatic carbocycles. The van der Waals surface area contributed by atoms with E-state index >= 15 is 0 Å². The number of rotatable bonds is 4. The summed E-state index contributed by atoms with van der Waals surface area (Å²) in [7, 11) is 1.73. The molecule has 0 radical (unpaired) electrons. The van der Waals surface area contributed by atoms with Gasteiger partial charge in [-0.1, -0.05) is 23.4 Å². The third-order valence-electron chi connectivity index (χ3n) is 4.34. The Kier molecular flexibility index (Phi) is 4.19. The van der Waals surface area contributed by atoms with Gasteiger partial charge in [-0.05, 0) is 44.2 Å². The number of aryl methyl sites for hydroxylation is 2. The number of benzene rings is 2. The van der Waals surface area contributed by atoms with Crippen LogP contribution in [0.2, 0.25) is 0 Å². The topological polar surface area (TPSA) is 83.0 Å². The Morgan fingerprint density at radius 3 is 2.67 bits per heavy atom. The average molecular weight is 362 g/mol. The molecule has 4 rings (SSSR count). The van der Waals surface area contributed by atoms with E-state index in [0.717, 1.165) is 16.8 Å². The fourth-order valence-corrected chi connectivity index (χ4v) is 2.89. The molecule has 2 aromatic heterocycles. The minimum Gasteiger partial charge on any atom is -0.481 e. The van der Waals surface area contributed by atoms with Gasteiger partial charge in [0.15, 0.2) is 6.10 Å². The molecular weight excluding hydrogens is 344 g/mol. The van der Waals surface area contributed by atoms with Gasteiger partial charge < -0.3 is 13.8 Å². The number of nitrogens with zero attached hydrogens (tertiary/aromatic N) is 4. The highest BCUT2D eigenvalue weighted by atomic mass is 16.5. The Morgan fingerprint density at radius 2 is 1.89 bits per heavy atom. The molecule has 4 aromatic rings. The van der Waals surface area contributed by atoms with Gasteiger partial charge in [-0.2, -0.15) is 4.98 Å². The molecule has 136 valence electrons. The molecular formula is C20H18N4O3. The van der Waals surface area contributed by atoms with Crippen molar-refractivity contribution >= 4 is 11.0 Å². The van der Waals surface area contributed by atoms with E-state index in [9.17, 15) is 4.79 Å². The summed E-state index contributed by atoms with van der Waals surface area (Å²) in [6.07, 6.45) is -0.379. The van der Waals surface area contributed by atoms with E-state index in [1.54, 1.807) is 18.5 Å². The highest BCUT2D eigenvalue weighted by molar-refractivity contribution is 5.80. The second kappa shape index (κ2) is 6.68. The molecule has 0 aliphatic heterocycles. The van der Waals surface area contributed by atoms with E-state index in [4.69, 9.17) is 9.26 Å². The van der Waals surface area contributed by atoms with Crippen LogP contribution in [0.3, 0.4) is 0 Å². The number of hydrogen-bond acceptors (Lipinski definition) is 6. The van der Waals surface area contributed by atoms with E-state index in [-0.39, 0.29) is 11.7 Å². The third kappa shape index (κ3) is 3.19. The fraction of sp³-hybridized carbons (Fsp3) is 0.200. The van der Waals surface area contributed by atoms with E-state index < -0.39 is 0 Å². The molecule has 0 saturated heterocycles. The lowest BCUT2D eigenvalue weighted by Crippen LogP contribution is -2.21. The summed E-state index contributed by atoms with van der Waals surface area (Å²) in [4.78, 5) is 20.8. The molecule has 0 amide bonds. The van der Waals surface area contributed by atoms with Crippen molar-refractivity contribution in [3.8, 4) is 17.1 Å². The number of hydrogen-bond donors (Lipinski definition) is 0. The monoisotopic (exact) mass is 362 g/mol. The van der Waals surface area contributed by atoms with Crippen molar-refractivity contribution in [1.82, 2.24) is 19.7 Å². The van der Waals surface area contributed by atoms with Gasteiger partial charge in [-0.25, -0.2) is 4.98 Å². The van der Waals surface area contributed by atoms with Gasteiger partial charge in [0.1, 0.15) is 11.4 Å². The van der Waals surface area contributed by atoms with E-state index in [2.05, 4.69) is 15.1 Å². The minimum atomic E-state index is -0.379. The standard InChI is InChI=1S/C20H18N4O3/c1-12-20(25)24(3)17-10-9-14(11-16(17)21-12)18-22-19(27-23-18)13(2)26-15-7-5-4-6-8-15/h4-11,13H,1-3H3/t13-/m1/s1. The molecule has 7 nitrogen and oxygen atoms in total. The van der Waals surface area contributed by atoms with Gasteiger partial charge >= 0.3 is 0 Å². The maximum absolute atomic E-state index is 12.0. The van der Waals surface area contributed by atoms with Crippen molar-refractivity contribution in [3.05, 3.63) is 70.5 Å². The molecule has 0 unspecified atom stereocenters. The lowest BCUT2D eigenvalue weighted by molar-refractivity contribution is 0.176. The van der Waals surface area contributed by atoms with Gasteiger partial charge in [0.2, 0.25) is 5.82 Å². The lowest BCUT2D eigenvalue weighted by Gasteiger charge is -2.09. The van der Waals surface area contributed by atoms with Gasteiger partial charge in [-0.3, -0.25) is 4.79 Å². The summed E-state index contributed by atoms with van der Waals surface area (Å²) in [5.74, 6) is 1.57. The molecule has 0 bridgehead atoms. The van der Waals surface area contributed by atoms with Gasteiger partial charge in [-0.15, -0.1) is 0 Å². The zero-order valence-corrected chi connectivity index (χ0v) is 15.2. The summed E-state index contributed by atoms with van der Waals surface area (Å²) < 4.78 is 12.8. The van der Waals surface area contributed by atoms with Crippen molar-refractivity contribution < 1.29 is 9.26 Å². The quantitative estimate of drug-likeness (QED) is 0.553. The smallest absolute Gasteiger partial charge is 0.272 e. The van der Waals surface area contributed by atoms with Crippen molar-refractivity contribution in [2.24, 2.45) is 7.05 Å². The van der Waals surface area contributed by atoms with Crippen molar-refractivity contribution in [3.63, 3.8) is 0 Å². The molecule has 2 aromatic carbocycles. The van der Waals surface area contributed by atoms with Gasteiger partial charge in [0, 0.05) is 12.6 Å². The Labute approximate surface area is 155 Å². The minimum absolute atomic E-state index is 0.107. The zero-order valence-electron chi connectivity index (χ0n) is 15.2. The fourth-order valence-electron chi connectivity index (χ4n) is 2.89. The van der Waals surface area contributed by atoms with Crippen molar-refractivity contribution in [2.45, 2.75) is 20.0 Å². The lowest BCUT2D eigenvalue weighted by atomic mass is 10.1.